The molecule has 7 heavy (non-hydrogen) atoms. The molecule has 0 saturated heterocycles. The second-order valence-electron chi connectivity index (χ2n) is 1.03. The molecule has 5 N–H and O–H groups in total. The summed E-state index contributed by atoms with van der Waals surface area (Å²) in [5, 5.41) is 12.0. The van der Waals surface area contributed by atoms with Gasteiger partial charge in [0, 0.05) is 0 Å². The molecule has 0 spiro atoms. The maximum absolute atomic E-state index is 9.46. The Labute approximate surface area is 40.3 Å². The average molecular weight is 123 g/mol. The Kier molecular flexibility index (Phi) is 1.48. The molecule has 42 valence electrons. The van der Waals surface area contributed by atoms with Crippen molar-refractivity contribution < 1.29 is 19.5 Å². The van der Waals surface area contributed by atoms with Crippen LogP contribution in [0.25, 0.3) is 0 Å². The molecule has 0 aromatic heterocycles. The molecule has 0 unspecified atom stereocenters. The Hall–Kier alpha value is -0.433. The van der Waals surface area contributed by atoms with Gasteiger partial charge in [-0.05, 0) is 0 Å². The first-order valence-electron chi connectivity index (χ1n) is 1.41. The molecular weight excluding hydrogens is 118 g/mol. The number of rotatable bonds is 1. The van der Waals surface area contributed by atoms with E-state index in [9.17, 15) is 4.79 Å². The number of hydrogen-bond donors (Lipinski definition) is 4. The van der Waals surface area contributed by atoms with Crippen molar-refractivity contribution in [1.29, 1.82) is 0 Å². The van der Waals surface area contributed by atoms with Crippen molar-refractivity contribution in [2.24, 2.45) is 5.40 Å². The fraction of sp³-hybridized carbons (Fsp3) is 0. The Morgan fingerprint density at radius 1 is 1.57 bits per heavy atom. The van der Waals surface area contributed by atoms with Gasteiger partial charge in [-0.1, -0.05) is 0 Å². The second-order valence-corrected chi connectivity index (χ2v) is 2.91. The summed E-state index contributed by atoms with van der Waals surface area (Å²) in [5.74, 6) is 0. The highest BCUT2D eigenvalue weighted by atomic mass is 28.4. The molecule has 0 heterocycles. The van der Waals surface area contributed by atoms with Crippen LogP contribution in [-0.4, -0.2) is 29.0 Å². The topological polar surface area (TPSA) is 104 Å². The number of hydrogen-bond acceptors (Lipinski definition) is 4. The van der Waals surface area contributed by atoms with Crippen molar-refractivity contribution in [3.8, 4) is 0 Å². The predicted octanol–water partition coefficient (Wildman–Crippen LogP) is -1.87. The van der Waals surface area contributed by atoms with Gasteiger partial charge in [0.2, 0.25) is 0 Å². The van der Waals surface area contributed by atoms with Crippen molar-refractivity contribution in [1.82, 2.24) is 0 Å². The lowest BCUT2D eigenvalue weighted by Crippen LogP contribution is -2.54. The number of carbonyl (C=O) groups is 1. The van der Waals surface area contributed by atoms with Gasteiger partial charge in [0.15, 0.2) is 0 Å². The molecule has 0 aromatic rings. The third kappa shape index (κ3) is 2.29. The molecule has 0 bridgehead atoms. The van der Waals surface area contributed by atoms with E-state index in [0.717, 1.165) is 0 Å². The fourth-order valence-corrected chi connectivity index (χ4v) is 0. The van der Waals surface area contributed by atoms with Crippen molar-refractivity contribution in [3.05, 3.63) is 0 Å². The SMILES string of the molecule is N[Si](O)(O)C(=O)O. The van der Waals surface area contributed by atoms with E-state index < -0.39 is 14.3 Å². The minimum absolute atomic E-state index is 1.73. The van der Waals surface area contributed by atoms with Crippen LogP contribution in [0.5, 0.6) is 0 Å². The van der Waals surface area contributed by atoms with Gasteiger partial charge in [0.05, 0.1) is 0 Å². The maximum atomic E-state index is 9.46. The molecule has 0 aliphatic rings. The molecule has 0 saturated carbocycles. The third-order valence-corrected chi connectivity index (χ3v) is 0.944. The molecule has 5 nitrogen and oxygen atoms in total. The second kappa shape index (κ2) is 1.58. The first-order valence-corrected chi connectivity index (χ1v) is 3.39. The average Bonchev–Trinajstić information content (AvgIpc) is 1.31. The molecule has 0 amide bonds. The van der Waals surface area contributed by atoms with Crippen molar-refractivity contribution in [2.75, 3.05) is 0 Å². The molecule has 0 atom stereocenters. The van der Waals surface area contributed by atoms with E-state index in [-0.39, 0.29) is 0 Å². The molecule has 0 aliphatic heterocycles. The normalized spacial score (nSPS) is 11.3. The molecule has 0 aromatic carbocycles. The van der Waals surface area contributed by atoms with Gasteiger partial charge >= 0.3 is 14.3 Å². The van der Waals surface area contributed by atoms with Gasteiger partial charge in [-0.15, -0.1) is 0 Å². The van der Waals surface area contributed by atoms with Gasteiger partial charge in [-0.25, -0.2) is 0 Å². The molecule has 0 fully saturated rings. The maximum Gasteiger partial charge on any atom is 0.538 e. The summed E-state index contributed by atoms with van der Waals surface area (Å²) in [4.78, 5) is 25.4. The molecule has 0 rings (SSSR count). The summed E-state index contributed by atoms with van der Waals surface area (Å²) >= 11 is 0. The van der Waals surface area contributed by atoms with Crippen LogP contribution in [-0.2, 0) is 0 Å². The lowest BCUT2D eigenvalue weighted by atomic mass is 11.6. The van der Waals surface area contributed by atoms with E-state index in [0.29, 0.717) is 0 Å². The van der Waals surface area contributed by atoms with E-state index >= 15 is 0 Å². The minimum atomic E-state index is -4.32. The summed E-state index contributed by atoms with van der Waals surface area (Å²) in [7, 11) is -4.32. The largest absolute Gasteiger partial charge is 0.538 e. The summed E-state index contributed by atoms with van der Waals surface area (Å²) in [6, 6.07) is 0. The first-order chi connectivity index (χ1) is 2.94. The minimum Gasteiger partial charge on any atom is -0.480 e. The highest BCUT2D eigenvalue weighted by Gasteiger charge is 2.34. The number of carboxylic acid groups (broad SMARTS) is 1. The first kappa shape index (κ1) is 6.57. The molecule has 0 aliphatic carbocycles. The predicted molar refractivity (Wildman–Crippen MR) is 22.4 cm³/mol. The number of nitrogens with two attached hydrogens (primary N) is 1. The summed E-state index contributed by atoms with van der Waals surface area (Å²) in [5.41, 5.74) is -1.73. The Bertz CT molecular complexity index is 84.2. The molecule has 6 heteroatoms. The Morgan fingerprint density at radius 2 is 1.71 bits per heavy atom. The highest BCUT2D eigenvalue weighted by Crippen LogP contribution is 1.78. The van der Waals surface area contributed by atoms with Crippen LogP contribution in [0.4, 0.5) is 4.79 Å². The summed E-state index contributed by atoms with van der Waals surface area (Å²) in [6.07, 6.45) is 0. The van der Waals surface area contributed by atoms with E-state index in [4.69, 9.17) is 14.7 Å². The zero-order valence-electron chi connectivity index (χ0n) is 3.33. The van der Waals surface area contributed by atoms with E-state index in [1.165, 1.54) is 0 Å². The molecular formula is CH5NO4Si. The van der Waals surface area contributed by atoms with E-state index in [1.807, 2.05) is 0 Å². The Morgan fingerprint density at radius 3 is 1.71 bits per heavy atom. The smallest absolute Gasteiger partial charge is 0.480 e. The zero-order valence-corrected chi connectivity index (χ0v) is 4.33. The van der Waals surface area contributed by atoms with Crippen LogP contribution in [0.3, 0.4) is 0 Å². The lowest BCUT2D eigenvalue weighted by molar-refractivity contribution is 0.201. The van der Waals surface area contributed by atoms with E-state index in [2.05, 4.69) is 5.40 Å². The van der Waals surface area contributed by atoms with Crippen LogP contribution in [0, 0.1) is 0 Å². The van der Waals surface area contributed by atoms with Gasteiger partial charge < -0.3 is 14.7 Å². The third-order valence-electron chi connectivity index (χ3n) is 0.315. The zero-order chi connectivity index (χ0) is 6.08. The van der Waals surface area contributed by atoms with Crippen LogP contribution in [0.1, 0.15) is 0 Å². The van der Waals surface area contributed by atoms with Crippen LogP contribution in [0.15, 0.2) is 0 Å². The highest BCUT2D eigenvalue weighted by molar-refractivity contribution is 6.90. The van der Waals surface area contributed by atoms with Crippen molar-refractivity contribution >= 4 is 14.3 Å². The molecule has 0 radical (unpaired) electrons. The Balaban J connectivity index is 3.79. The van der Waals surface area contributed by atoms with Crippen LogP contribution < -0.4 is 5.40 Å². The van der Waals surface area contributed by atoms with Crippen molar-refractivity contribution in [3.63, 3.8) is 0 Å². The van der Waals surface area contributed by atoms with Crippen LogP contribution in [0.2, 0.25) is 0 Å². The summed E-state index contributed by atoms with van der Waals surface area (Å²) in [6.45, 7) is 0. The van der Waals surface area contributed by atoms with Crippen LogP contribution >= 0.6 is 0 Å². The van der Waals surface area contributed by atoms with E-state index in [1.54, 1.807) is 0 Å². The summed E-state index contributed by atoms with van der Waals surface area (Å²) < 4.78 is 0. The standard InChI is InChI=1S/CH5NO4Si/c2-7(5,6)1(3)4/h5-6H,2H2,(H,3,4). The van der Waals surface area contributed by atoms with Crippen molar-refractivity contribution in [2.45, 2.75) is 0 Å². The lowest BCUT2D eigenvalue weighted by Gasteiger charge is -2.00. The van der Waals surface area contributed by atoms with Gasteiger partial charge in [0.1, 0.15) is 0 Å². The monoisotopic (exact) mass is 123 g/mol. The fourth-order valence-electron chi connectivity index (χ4n) is 0. The van der Waals surface area contributed by atoms with Gasteiger partial charge in [-0.2, -0.15) is 0 Å². The quantitative estimate of drug-likeness (QED) is 0.306. The van der Waals surface area contributed by atoms with Gasteiger partial charge in [0.25, 0.3) is 0 Å². The van der Waals surface area contributed by atoms with Gasteiger partial charge in [-0.3, -0.25) is 10.2 Å².